The molecule has 0 fully saturated rings. The molecule has 1 aliphatic carbocycles. The van der Waals surface area contributed by atoms with Crippen molar-refractivity contribution in [3.05, 3.63) is 143 Å². The fourth-order valence-corrected chi connectivity index (χ4v) is 7.93. The Hall–Kier alpha value is -5.08. The van der Waals surface area contributed by atoms with Crippen molar-refractivity contribution in [1.29, 1.82) is 0 Å². The Morgan fingerprint density at radius 1 is 0.378 bits per heavy atom. The van der Waals surface area contributed by atoms with Crippen molar-refractivity contribution in [2.45, 2.75) is 47.0 Å². The highest BCUT2D eigenvalue weighted by atomic mass is 15.0. The fourth-order valence-electron chi connectivity index (χ4n) is 7.93. The van der Waals surface area contributed by atoms with Crippen LogP contribution in [0.3, 0.4) is 0 Å². The van der Waals surface area contributed by atoms with E-state index in [1.54, 1.807) is 0 Å². The van der Waals surface area contributed by atoms with Gasteiger partial charge in [-0.3, -0.25) is 0 Å². The van der Waals surface area contributed by atoms with Gasteiger partial charge in [-0.2, -0.15) is 0 Å². The summed E-state index contributed by atoms with van der Waals surface area (Å²) in [6.45, 7) is 13.5. The second kappa shape index (κ2) is 8.99. The molecule has 0 saturated carbocycles. The largest absolute Gasteiger partial charge is 0.309 e. The zero-order valence-electron chi connectivity index (χ0n) is 26.8. The first kappa shape index (κ1) is 26.3. The highest BCUT2D eigenvalue weighted by Gasteiger charge is 2.37. The number of hydrogen-bond donors (Lipinski definition) is 0. The van der Waals surface area contributed by atoms with Gasteiger partial charge in [-0.15, -0.1) is 0 Å². The van der Waals surface area contributed by atoms with Gasteiger partial charge >= 0.3 is 0 Å². The van der Waals surface area contributed by atoms with Gasteiger partial charge in [-0.05, 0) is 123 Å². The highest BCUT2D eigenvalue weighted by molar-refractivity contribution is 6.14. The Morgan fingerprint density at radius 2 is 0.733 bits per heavy atom. The zero-order chi connectivity index (χ0) is 30.8. The number of hydrogen-bond acceptors (Lipinski definition) is 0. The van der Waals surface area contributed by atoms with Crippen LogP contribution in [0.5, 0.6) is 0 Å². The molecule has 2 heterocycles. The maximum atomic E-state index is 2.49. The number of fused-ring (bicyclic) bond motifs is 9. The van der Waals surface area contributed by atoms with E-state index < -0.39 is 0 Å². The predicted octanol–water partition coefficient (Wildman–Crippen LogP) is 11.4. The molecule has 0 N–H and O–H groups in total. The van der Waals surface area contributed by atoms with Gasteiger partial charge in [-0.1, -0.05) is 72.5 Å². The third-order valence-corrected chi connectivity index (χ3v) is 10.3. The average molecular weight is 581 g/mol. The zero-order valence-corrected chi connectivity index (χ0v) is 26.8. The van der Waals surface area contributed by atoms with E-state index in [2.05, 4.69) is 160 Å². The molecule has 0 atom stereocenters. The van der Waals surface area contributed by atoms with Crippen molar-refractivity contribution < 1.29 is 0 Å². The van der Waals surface area contributed by atoms with E-state index in [1.807, 2.05) is 0 Å². The summed E-state index contributed by atoms with van der Waals surface area (Å²) in [6, 6.07) is 41.6. The molecule has 0 bridgehead atoms. The Balaban J connectivity index is 1.37. The lowest BCUT2D eigenvalue weighted by Crippen LogP contribution is -2.15. The summed E-state index contributed by atoms with van der Waals surface area (Å²) in [6.07, 6.45) is 0. The van der Waals surface area contributed by atoms with Crippen molar-refractivity contribution in [1.82, 2.24) is 9.13 Å². The summed E-state index contributed by atoms with van der Waals surface area (Å²) in [7, 11) is 0. The maximum absolute atomic E-state index is 2.49. The summed E-state index contributed by atoms with van der Waals surface area (Å²) in [5.74, 6) is 0. The van der Waals surface area contributed by atoms with Crippen LogP contribution in [-0.2, 0) is 5.41 Å². The Bertz CT molecular complexity index is 2340. The molecular formula is C43H36N2. The van der Waals surface area contributed by atoms with Crippen LogP contribution in [0.1, 0.15) is 47.2 Å². The molecule has 45 heavy (non-hydrogen) atoms. The van der Waals surface area contributed by atoms with Gasteiger partial charge in [0.15, 0.2) is 0 Å². The molecule has 0 unspecified atom stereocenters. The normalized spacial score (nSPS) is 13.7. The van der Waals surface area contributed by atoms with E-state index in [-0.39, 0.29) is 5.41 Å². The van der Waals surface area contributed by atoms with Gasteiger partial charge in [-0.25, -0.2) is 0 Å². The summed E-state index contributed by atoms with van der Waals surface area (Å²) in [5.41, 5.74) is 18.0. The molecule has 1 aliphatic rings. The fraction of sp³-hybridized carbons (Fsp3) is 0.163. The van der Waals surface area contributed by atoms with Crippen LogP contribution in [0.4, 0.5) is 0 Å². The third kappa shape index (κ3) is 3.63. The molecule has 6 aromatic carbocycles. The smallest absolute Gasteiger partial charge is 0.0544 e. The molecule has 8 aromatic rings. The number of nitrogens with zero attached hydrogens (tertiary/aromatic N) is 2. The molecular weight excluding hydrogens is 544 g/mol. The summed E-state index contributed by atoms with van der Waals surface area (Å²) in [4.78, 5) is 0. The van der Waals surface area contributed by atoms with Crippen molar-refractivity contribution in [3.63, 3.8) is 0 Å². The minimum atomic E-state index is -0.151. The van der Waals surface area contributed by atoms with E-state index in [4.69, 9.17) is 0 Å². The Labute approximate surface area is 264 Å². The van der Waals surface area contributed by atoms with Crippen LogP contribution in [0.2, 0.25) is 0 Å². The van der Waals surface area contributed by atoms with Crippen LogP contribution in [0.25, 0.3) is 66.1 Å². The predicted molar refractivity (Wildman–Crippen MR) is 192 cm³/mol. The molecule has 0 saturated heterocycles. The summed E-state index contributed by atoms with van der Waals surface area (Å²) < 4.78 is 4.92. The van der Waals surface area contributed by atoms with Gasteiger partial charge < -0.3 is 9.13 Å². The number of aryl methyl sites for hydroxylation is 4. The molecule has 2 aromatic heterocycles. The van der Waals surface area contributed by atoms with E-state index in [0.717, 1.165) is 0 Å². The number of aromatic nitrogens is 2. The van der Waals surface area contributed by atoms with Crippen molar-refractivity contribution in [3.8, 4) is 22.5 Å². The lowest BCUT2D eigenvalue weighted by atomic mass is 9.82. The van der Waals surface area contributed by atoms with Crippen LogP contribution >= 0.6 is 0 Å². The maximum Gasteiger partial charge on any atom is 0.0544 e. The van der Waals surface area contributed by atoms with Crippen LogP contribution < -0.4 is 0 Å². The molecule has 2 heteroatoms. The Morgan fingerprint density at radius 3 is 1.13 bits per heavy atom. The molecule has 218 valence electrons. The van der Waals surface area contributed by atoms with Gasteiger partial charge in [0.1, 0.15) is 0 Å². The first-order valence-corrected chi connectivity index (χ1v) is 16.0. The van der Waals surface area contributed by atoms with Gasteiger partial charge in [0.05, 0.1) is 22.1 Å². The van der Waals surface area contributed by atoms with Crippen LogP contribution in [0, 0.1) is 27.7 Å². The van der Waals surface area contributed by atoms with Gasteiger partial charge in [0, 0.05) is 38.3 Å². The molecule has 2 nitrogen and oxygen atoms in total. The van der Waals surface area contributed by atoms with E-state index in [0.29, 0.717) is 0 Å². The number of rotatable bonds is 2. The molecule has 9 rings (SSSR count). The van der Waals surface area contributed by atoms with Gasteiger partial charge in [0.25, 0.3) is 0 Å². The van der Waals surface area contributed by atoms with Crippen molar-refractivity contribution >= 4 is 43.6 Å². The van der Waals surface area contributed by atoms with Gasteiger partial charge in [0.2, 0.25) is 0 Å². The molecule has 0 radical (unpaired) electrons. The first-order chi connectivity index (χ1) is 21.7. The number of benzene rings is 6. The Kier molecular flexibility index (Phi) is 5.26. The molecule has 0 spiro atoms. The summed E-state index contributed by atoms with van der Waals surface area (Å²) >= 11 is 0. The molecule has 0 amide bonds. The monoisotopic (exact) mass is 580 g/mol. The first-order valence-electron chi connectivity index (χ1n) is 16.0. The average Bonchev–Trinajstić information content (AvgIpc) is 3.59. The van der Waals surface area contributed by atoms with Crippen molar-refractivity contribution in [2.75, 3.05) is 0 Å². The topological polar surface area (TPSA) is 9.86 Å². The quantitative estimate of drug-likeness (QED) is 0.192. The van der Waals surface area contributed by atoms with Crippen molar-refractivity contribution in [2.24, 2.45) is 0 Å². The second-order valence-corrected chi connectivity index (χ2v) is 13.8. The van der Waals surface area contributed by atoms with Crippen LogP contribution in [-0.4, -0.2) is 9.13 Å². The third-order valence-electron chi connectivity index (χ3n) is 10.3. The SMILES string of the molecule is Cc1ccc(-n2c3ccc(C)cc3c3cc4c(cc32)C(C)(C)c2cc3c(cc2-4)c2cc(C)ccc2n3-c2ccc(C)cc2)cc1. The van der Waals surface area contributed by atoms with Crippen LogP contribution in [0.15, 0.2) is 109 Å². The minimum Gasteiger partial charge on any atom is -0.309 e. The standard InChI is InChI=1S/C43H36N2/c1-25-7-13-29(14-8-25)44-39-17-11-27(3)19-33(39)35-21-31-32-22-36-34-20-28(4)12-18-40(34)45(30-15-9-26(2)10-16-30)42(36)24-38(32)43(5,6)37(31)23-41(35)44/h7-24H,1-6H3. The lowest BCUT2D eigenvalue weighted by molar-refractivity contribution is 0.661. The van der Waals surface area contributed by atoms with E-state index >= 15 is 0 Å². The second-order valence-electron chi connectivity index (χ2n) is 13.8. The molecule has 0 aliphatic heterocycles. The van der Waals surface area contributed by atoms with E-state index in [1.165, 1.54) is 99.5 Å². The summed E-state index contributed by atoms with van der Waals surface area (Å²) in [5, 5.41) is 5.25. The minimum absolute atomic E-state index is 0.151. The van der Waals surface area contributed by atoms with E-state index in [9.17, 15) is 0 Å². The lowest BCUT2D eigenvalue weighted by Gasteiger charge is -2.22. The highest BCUT2D eigenvalue weighted by Crippen LogP contribution is 2.53.